The smallest absolute Gasteiger partial charge is 0.307 e. The fraction of sp³-hybridized carbons (Fsp3) is 0.381. The van der Waals surface area contributed by atoms with Crippen LogP contribution < -0.4 is 5.32 Å². The van der Waals surface area contributed by atoms with Crippen molar-refractivity contribution in [2.45, 2.75) is 30.0 Å². The van der Waals surface area contributed by atoms with Gasteiger partial charge in [0.05, 0.1) is 37.7 Å². The second-order valence-electron chi connectivity index (χ2n) is 7.34. The number of carbonyl (C=O) groups excluding carboxylic acids is 1. The zero-order valence-corrected chi connectivity index (χ0v) is 18.4. The maximum atomic E-state index is 13.5. The summed E-state index contributed by atoms with van der Waals surface area (Å²) in [5.41, 5.74) is 0.437. The van der Waals surface area contributed by atoms with Crippen molar-refractivity contribution in [1.82, 2.24) is 9.62 Å². The first-order valence-corrected chi connectivity index (χ1v) is 11.4. The number of para-hydroxylation sites is 1. The van der Waals surface area contributed by atoms with Gasteiger partial charge in [-0.05, 0) is 11.6 Å². The molecule has 0 aromatic heterocycles. The van der Waals surface area contributed by atoms with Gasteiger partial charge in [-0.1, -0.05) is 42.5 Å². The predicted octanol–water partition coefficient (Wildman–Crippen LogP) is 1.71. The van der Waals surface area contributed by atoms with Crippen molar-refractivity contribution in [3.8, 4) is 0 Å². The summed E-state index contributed by atoms with van der Waals surface area (Å²) in [5.74, 6) is -0.482. The first-order valence-electron chi connectivity index (χ1n) is 10.00. The summed E-state index contributed by atoms with van der Waals surface area (Å²) in [4.78, 5) is 22.0. The second-order valence-corrected chi connectivity index (χ2v) is 9.20. The molecule has 172 valence electrons. The molecule has 0 spiro atoms. The highest BCUT2D eigenvalue weighted by molar-refractivity contribution is 7.89. The Bertz CT molecular complexity index is 1050. The minimum absolute atomic E-state index is 0.0308. The van der Waals surface area contributed by atoms with E-state index in [2.05, 4.69) is 10.1 Å². The molecule has 2 atom stereocenters. The Kier molecular flexibility index (Phi) is 7.91. The van der Waals surface area contributed by atoms with E-state index in [1.165, 1.54) is 29.6 Å². The molecule has 0 radical (unpaired) electrons. The van der Waals surface area contributed by atoms with Crippen molar-refractivity contribution in [1.29, 1.82) is 0 Å². The first-order chi connectivity index (χ1) is 15.3. The number of nitro groups is 1. The van der Waals surface area contributed by atoms with Crippen LogP contribution in [0.3, 0.4) is 0 Å². The van der Waals surface area contributed by atoms with Crippen LogP contribution in [0.25, 0.3) is 0 Å². The molecule has 0 bridgehead atoms. The van der Waals surface area contributed by atoms with Crippen molar-refractivity contribution in [3.05, 3.63) is 70.3 Å². The normalized spacial score (nSPS) is 19.4. The molecule has 32 heavy (non-hydrogen) atoms. The van der Waals surface area contributed by atoms with Crippen molar-refractivity contribution in [2.75, 3.05) is 26.8 Å². The first kappa shape index (κ1) is 23.8. The number of carbonyl (C=O) groups is 1. The van der Waals surface area contributed by atoms with Crippen LogP contribution in [0, 0.1) is 10.1 Å². The molecule has 3 rings (SSSR count). The van der Waals surface area contributed by atoms with Crippen molar-refractivity contribution < 1.29 is 27.6 Å². The van der Waals surface area contributed by atoms with E-state index in [0.717, 1.165) is 11.6 Å². The van der Waals surface area contributed by atoms with Gasteiger partial charge in [0.2, 0.25) is 10.0 Å². The SMILES string of the molecule is COC(=O)CC1CN(S(=O)(=O)c2ccccc2[N+](=O)[O-])C(COCc2ccccc2)CN1. The lowest BCUT2D eigenvalue weighted by molar-refractivity contribution is -0.387. The van der Waals surface area contributed by atoms with Gasteiger partial charge in [0.1, 0.15) is 0 Å². The maximum Gasteiger partial charge on any atom is 0.307 e. The highest BCUT2D eigenvalue weighted by atomic mass is 32.2. The molecule has 0 amide bonds. The number of hydrogen-bond acceptors (Lipinski definition) is 8. The zero-order chi connectivity index (χ0) is 23.1. The van der Waals surface area contributed by atoms with E-state index in [4.69, 9.17) is 4.74 Å². The maximum absolute atomic E-state index is 13.5. The molecule has 1 heterocycles. The van der Waals surface area contributed by atoms with Crippen LogP contribution in [-0.4, -0.2) is 62.5 Å². The summed E-state index contributed by atoms with van der Waals surface area (Å²) in [7, 11) is -2.98. The summed E-state index contributed by atoms with van der Waals surface area (Å²) in [5, 5.41) is 14.6. The Hall–Kier alpha value is -2.86. The molecule has 2 aromatic carbocycles. The molecule has 1 aliphatic heterocycles. The number of ether oxygens (including phenoxy) is 2. The summed E-state index contributed by atoms with van der Waals surface area (Å²) >= 11 is 0. The molecular weight excluding hydrogens is 438 g/mol. The summed E-state index contributed by atoms with van der Waals surface area (Å²) in [6.07, 6.45) is -0.0308. The minimum atomic E-state index is -4.24. The fourth-order valence-electron chi connectivity index (χ4n) is 3.53. The quantitative estimate of drug-likeness (QED) is 0.338. The van der Waals surface area contributed by atoms with Gasteiger partial charge in [0.15, 0.2) is 4.90 Å². The summed E-state index contributed by atoms with van der Waals surface area (Å²) in [6, 6.07) is 13.5. The van der Waals surface area contributed by atoms with Crippen LogP contribution in [-0.2, 0) is 30.9 Å². The number of sulfonamides is 1. The lowest BCUT2D eigenvalue weighted by atomic mass is 10.1. The van der Waals surface area contributed by atoms with Crippen molar-refractivity contribution in [2.24, 2.45) is 0 Å². The zero-order valence-electron chi connectivity index (χ0n) is 17.5. The summed E-state index contributed by atoms with van der Waals surface area (Å²) in [6.45, 7) is 0.536. The van der Waals surface area contributed by atoms with Crippen molar-refractivity contribution >= 4 is 21.7 Å². The molecule has 11 heteroatoms. The third-order valence-corrected chi connectivity index (χ3v) is 7.13. The van der Waals surface area contributed by atoms with Gasteiger partial charge in [0, 0.05) is 25.2 Å². The Labute approximate surface area is 186 Å². The molecule has 2 aromatic rings. The lowest BCUT2D eigenvalue weighted by Crippen LogP contribution is -2.60. The number of nitrogens with one attached hydrogen (secondary N) is 1. The van der Waals surface area contributed by atoms with E-state index in [0.29, 0.717) is 6.61 Å². The van der Waals surface area contributed by atoms with Gasteiger partial charge in [-0.2, -0.15) is 4.31 Å². The fourth-order valence-corrected chi connectivity index (χ4v) is 5.35. The molecule has 1 fully saturated rings. The number of benzene rings is 2. The van der Waals surface area contributed by atoms with E-state index in [9.17, 15) is 23.3 Å². The Balaban J connectivity index is 1.84. The monoisotopic (exact) mass is 463 g/mol. The average Bonchev–Trinajstić information content (AvgIpc) is 2.80. The lowest BCUT2D eigenvalue weighted by Gasteiger charge is -2.38. The van der Waals surface area contributed by atoms with E-state index in [-0.39, 0.29) is 26.1 Å². The van der Waals surface area contributed by atoms with Gasteiger partial charge < -0.3 is 14.8 Å². The topological polar surface area (TPSA) is 128 Å². The van der Waals surface area contributed by atoms with Crippen LogP contribution in [0.5, 0.6) is 0 Å². The number of rotatable bonds is 9. The van der Waals surface area contributed by atoms with Crippen LogP contribution in [0.2, 0.25) is 0 Å². The van der Waals surface area contributed by atoms with Crippen LogP contribution >= 0.6 is 0 Å². The molecule has 1 aliphatic rings. The average molecular weight is 464 g/mol. The molecule has 2 unspecified atom stereocenters. The molecule has 0 saturated carbocycles. The van der Waals surface area contributed by atoms with Gasteiger partial charge in [-0.25, -0.2) is 8.42 Å². The van der Waals surface area contributed by atoms with Crippen LogP contribution in [0.1, 0.15) is 12.0 Å². The third kappa shape index (κ3) is 5.68. The standard InChI is InChI=1S/C21H25N3O7S/c1-30-21(25)11-17-13-23(32(28,29)20-10-6-5-9-19(20)24(26)27)18(12-22-17)15-31-14-16-7-3-2-4-8-16/h2-10,17-18,22H,11-15H2,1H3. The van der Waals surface area contributed by atoms with Gasteiger partial charge in [-0.3, -0.25) is 14.9 Å². The van der Waals surface area contributed by atoms with Crippen molar-refractivity contribution in [3.63, 3.8) is 0 Å². The van der Waals surface area contributed by atoms with E-state index >= 15 is 0 Å². The number of esters is 1. The third-order valence-electron chi connectivity index (χ3n) is 5.16. The number of nitro benzene ring substituents is 1. The number of nitrogens with zero attached hydrogens (tertiary/aromatic N) is 2. The number of methoxy groups -OCH3 is 1. The molecular formula is C21H25N3O7S. The van der Waals surface area contributed by atoms with Gasteiger partial charge >= 0.3 is 5.97 Å². The van der Waals surface area contributed by atoms with Crippen LogP contribution in [0.15, 0.2) is 59.5 Å². The highest BCUT2D eigenvalue weighted by Gasteiger charge is 2.40. The number of piperazine rings is 1. The Morgan fingerprint density at radius 2 is 1.88 bits per heavy atom. The van der Waals surface area contributed by atoms with Gasteiger partial charge in [-0.15, -0.1) is 0 Å². The molecule has 10 nitrogen and oxygen atoms in total. The predicted molar refractivity (Wildman–Crippen MR) is 115 cm³/mol. The molecule has 1 N–H and O–H groups in total. The largest absolute Gasteiger partial charge is 0.469 e. The number of hydrogen-bond donors (Lipinski definition) is 1. The van der Waals surface area contributed by atoms with E-state index < -0.39 is 43.6 Å². The Morgan fingerprint density at radius 1 is 1.19 bits per heavy atom. The highest BCUT2D eigenvalue weighted by Crippen LogP contribution is 2.29. The second kappa shape index (κ2) is 10.6. The van der Waals surface area contributed by atoms with E-state index in [1.54, 1.807) is 0 Å². The molecule has 1 saturated heterocycles. The van der Waals surface area contributed by atoms with E-state index in [1.807, 2.05) is 30.3 Å². The van der Waals surface area contributed by atoms with Crippen LogP contribution in [0.4, 0.5) is 5.69 Å². The summed E-state index contributed by atoms with van der Waals surface area (Å²) < 4.78 is 38.6. The minimum Gasteiger partial charge on any atom is -0.469 e. The Morgan fingerprint density at radius 3 is 2.56 bits per heavy atom. The molecule has 0 aliphatic carbocycles. The van der Waals surface area contributed by atoms with Gasteiger partial charge in [0.25, 0.3) is 5.69 Å².